The molecule has 2 heterocycles. The molecule has 0 saturated carbocycles. The van der Waals surface area contributed by atoms with Crippen LogP contribution in [0.3, 0.4) is 0 Å². The lowest BCUT2D eigenvalue weighted by atomic mass is 10.2. The van der Waals surface area contributed by atoms with Gasteiger partial charge in [-0.1, -0.05) is 12.1 Å². The van der Waals surface area contributed by atoms with Crippen molar-refractivity contribution in [1.82, 2.24) is 25.4 Å². The third-order valence-electron chi connectivity index (χ3n) is 3.32. The molecule has 1 unspecified atom stereocenters. The highest BCUT2D eigenvalue weighted by Gasteiger charge is 2.20. The van der Waals surface area contributed by atoms with Crippen LogP contribution in [-0.2, 0) is 16.1 Å². The van der Waals surface area contributed by atoms with E-state index in [1.807, 2.05) is 24.3 Å². The zero-order chi connectivity index (χ0) is 14.5. The van der Waals surface area contributed by atoms with E-state index in [9.17, 15) is 4.79 Å². The van der Waals surface area contributed by atoms with E-state index in [1.165, 1.54) is 6.33 Å². The summed E-state index contributed by atoms with van der Waals surface area (Å²) in [7, 11) is 0. The van der Waals surface area contributed by atoms with Crippen molar-refractivity contribution in [3.05, 3.63) is 42.5 Å². The number of carbonyl (C=O) groups excluding carboxylic acids is 1. The summed E-state index contributed by atoms with van der Waals surface area (Å²) in [4.78, 5) is 15.9. The third-order valence-corrected chi connectivity index (χ3v) is 3.32. The van der Waals surface area contributed by atoms with Gasteiger partial charge in [0, 0.05) is 13.1 Å². The molecule has 1 aromatic heterocycles. The van der Waals surface area contributed by atoms with Crippen molar-refractivity contribution in [2.75, 3.05) is 19.8 Å². The molecule has 7 heteroatoms. The number of hydrogen-bond donors (Lipinski definition) is 2. The minimum absolute atomic E-state index is 0.0324. The average molecular weight is 287 g/mol. The fourth-order valence-electron chi connectivity index (χ4n) is 2.15. The zero-order valence-corrected chi connectivity index (χ0v) is 11.5. The number of rotatable bonds is 4. The molecule has 1 aliphatic heterocycles. The van der Waals surface area contributed by atoms with Crippen LogP contribution in [0.5, 0.6) is 0 Å². The van der Waals surface area contributed by atoms with Gasteiger partial charge in [0.15, 0.2) is 0 Å². The Bertz CT molecular complexity index is 576. The summed E-state index contributed by atoms with van der Waals surface area (Å²) in [5.41, 5.74) is 1.97. The largest absolute Gasteiger partial charge is 0.378 e. The Hall–Kier alpha value is -2.25. The molecule has 2 N–H and O–H groups in total. The van der Waals surface area contributed by atoms with Crippen molar-refractivity contribution >= 4 is 5.91 Å². The van der Waals surface area contributed by atoms with Gasteiger partial charge in [0.1, 0.15) is 18.7 Å². The first-order chi connectivity index (χ1) is 10.3. The molecule has 1 atom stereocenters. The van der Waals surface area contributed by atoms with Crippen molar-refractivity contribution in [1.29, 1.82) is 0 Å². The normalized spacial score (nSPS) is 18.4. The minimum Gasteiger partial charge on any atom is -0.378 e. The highest BCUT2D eigenvalue weighted by atomic mass is 16.5. The monoisotopic (exact) mass is 287 g/mol. The molecule has 7 nitrogen and oxygen atoms in total. The van der Waals surface area contributed by atoms with Gasteiger partial charge in [0.25, 0.3) is 0 Å². The van der Waals surface area contributed by atoms with Crippen LogP contribution in [0.15, 0.2) is 36.9 Å². The summed E-state index contributed by atoms with van der Waals surface area (Å²) in [6.45, 7) is 2.30. The topological polar surface area (TPSA) is 81.1 Å². The second-order valence-electron chi connectivity index (χ2n) is 4.81. The summed E-state index contributed by atoms with van der Waals surface area (Å²) in [5, 5.41) is 10.1. The number of nitrogens with one attached hydrogen (secondary N) is 2. The molecule has 1 saturated heterocycles. The SMILES string of the molecule is O=C(NCc1ccc(-n2cncn2)cc1)C1COCCN1. The van der Waals surface area contributed by atoms with Gasteiger partial charge in [0.2, 0.25) is 5.91 Å². The Morgan fingerprint density at radius 2 is 2.29 bits per heavy atom. The maximum atomic E-state index is 11.9. The average Bonchev–Trinajstić information content (AvgIpc) is 3.08. The molecule has 21 heavy (non-hydrogen) atoms. The van der Waals surface area contributed by atoms with E-state index in [2.05, 4.69) is 20.7 Å². The molecule has 110 valence electrons. The Morgan fingerprint density at radius 3 is 2.95 bits per heavy atom. The number of carbonyl (C=O) groups is 1. The fourth-order valence-corrected chi connectivity index (χ4v) is 2.15. The van der Waals surface area contributed by atoms with Gasteiger partial charge in [-0.25, -0.2) is 9.67 Å². The summed E-state index contributed by atoms with van der Waals surface area (Å²) < 4.78 is 6.96. The number of benzene rings is 1. The maximum Gasteiger partial charge on any atom is 0.239 e. The molecule has 0 radical (unpaired) electrons. The maximum absolute atomic E-state index is 11.9. The standard InChI is InChI=1S/C14H17N5O2/c20-14(13-8-21-6-5-16-13)17-7-11-1-3-12(4-2-11)19-10-15-9-18-19/h1-4,9-10,13,16H,5-8H2,(H,17,20). The Morgan fingerprint density at radius 1 is 1.43 bits per heavy atom. The lowest BCUT2D eigenvalue weighted by molar-refractivity contribution is -0.126. The molecule has 1 fully saturated rings. The van der Waals surface area contributed by atoms with Crippen LogP contribution in [-0.4, -0.2) is 46.5 Å². The lowest BCUT2D eigenvalue weighted by Gasteiger charge is -2.22. The predicted octanol–water partition coefficient (Wildman–Crippen LogP) is -0.128. The highest BCUT2D eigenvalue weighted by molar-refractivity contribution is 5.81. The molecule has 1 amide bonds. The van der Waals surface area contributed by atoms with Crippen LogP contribution in [0.4, 0.5) is 0 Å². The number of amides is 1. The zero-order valence-electron chi connectivity index (χ0n) is 11.5. The van der Waals surface area contributed by atoms with Gasteiger partial charge in [-0.15, -0.1) is 0 Å². The van der Waals surface area contributed by atoms with Gasteiger partial charge >= 0.3 is 0 Å². The molecular weight excluding hydrogens is 270 g/mol. The number of morpholine rings is 1. The third kappa shape index (κ3) is 3.45. The van der Waals surface area contributed by atoms with E-state index in [1.54, 1.807) is 11.0 Å². The number of nitrogens with zero attached hydrogens (tertiary/aromatic N) is 3. The Balaban J connectivity index is 1.54. The van der Waals surface area contributed by atoms with Crippen molar-refractivity contribution in [3.63, 3.8) is 0 Å². The molecule has 0 spiro atoms. The van der Waals surface area contributed by atoms with Crippen LogP contribution in [0.1, 0.15) is 5.56 Å². The van der Waals surface area contributed by atoms with Crippen molar-refractivity contribution in [3.8, 4) is 5.69 Å². The van der Waals surface area contributed by atoms with Crippen molar-refractivity contribution in [2.24, 2.45) is 0 Å². The van der Waals surface area contributed by atoms with Gasteiger partial charge < -0.3 is 15.4 Å². The predicted molar refractivity (Wildman–Crippen MR) is 75.8 cm³/mol. The molecule has 0 aliphatic carbocycles. The molecule has 1 aliphatic rings. The van der Waals surface area contributed by atoms with Crippen LogP contribution in [0.25, 0.3) is 5.69 Å². The molecule has 1 aromatic carbocycles. The summed E-state index contributed by atoms with van der Waals surface area (Å²) >= 11 is 0. The van der Waals surface area contributed by atoms with Gasteiger partial charge in [0.05, 0.1) is 18.9 Å². The van der Waals surface area contributed by atoms with E-state index < -0.39 is 0 Å². The minimum atomic E-state index is -0.256. The first-order valence-electron chi connectivity index (χ1n) is 6.86. The Kier molecular flexibility index (Phi) is 4.23. The smallest absolute Gasteiger partial charge is 0.239 e. The summed E-state index contributed by atoms with van der Waals surface area (Å²) in [6.07, 6.45) is 3.14. The van der Waals surface area contributed by atoms with Gasteiger partial charge in [-0.05, 0) is 17.7 Å². The molecule has 3 rings (SSSR count). The van der Waals surface area contributed by atoms with Crippen LogP contribution in [0.2, 0.25) is 0 Å². The second kappa shape index (κ2) is 6.47. The van der Waals surface area contributed by atoms with E-state index >= 15 is 0 Å². The van der Waals surface area contributed by atoms with Gasteiger partial charge in [-0.2, -0.15) is 5.10 Å². The first-order valence-corrected chi connectivity index (χ1v) is 6.86. The van der Waals surface area contributed by atoms with Crippen molar-refractivity contribution in [2.45, 2.75) is 12.6 Å². The van der Waals surface area contributed by atoms with Crippen LogP contribution < -0.4 is 10.6 Å². The van der Waals surface area contributed by atoms with Crippen LogP contribution in [0, 0.1) is 0 Å². The molecule has 0 bridgehead atoms. The number of aromatic nitrogens is 3. The molecule has 2 aromatic rings. The summed E-state index contributed by atoms with van der Waals surface area (Å²) in [5.74, 6) is -0.0324. The van der Waals surface area contributed by atoms with E-state index in [4.69, 9.17) is 4.74 Å². The quantitative estimate of drug-likeness (QED) is 0.819. The van der Waals surface area contributed by atoms with E-state index in [-0.39, 0.29) is 11.9 Å². The van der Waals surface area contributed by atoms with E-state index in [0.717, 1.165) is 11.3 Å². The fraction of sp³-hybridized carbons (Fsp3) is 0.357. The lowest BCUT2D eigenvalue weighted by Crippen LogP contribution is -2.51. The van der Waals surface area contributed by atoms with Crippen molar-refractivity contribution < 1.29 is 9.53 Å². The second-order valence-corrected chi connectivity index (χ2v) is 4.81. The highest BCUT2D eigenvalue weighted by Crippen LogP contribution is 2.08. The summed E-state index contributed by atoms with van der Waals surface area (Å²) in [6, 6.07) is 7.55. The first kappa shape index (κ1) is 13.7. The van der Waals surface area contributed by atoms with Crippen LogP contribution >= 0.6 is 0 Å². The van der Waals surface area contributed by atoms with Gasteiger partial charge in [-0.3, -0.25) is 4.79 Å². The Labute approximate surface area is 122 Å². The molecular formula is C14H17N5O2. The van der Waals surface area contributed by atoms with E-state index in [0.29, 0.717) is 26.3 Å². The number of hydrogen-bond acceptors (Lipinski definition) is 5. The number of ether oxygens (including phenoxy) is 1.